The van der Waals surface area contributed by atoms with Crippen molar-refractivity contribution in [2.45, 2.75) is 5.92 Å². The largest absolute Gasteiger partial charge is 0.384 e. The van der Waals surface area contributed by atoms with E-state index in [2.05, 4.69) is 24.0 Å². The van der Waals surface area contributed by atoms with Crippen LogP contribution in [-0.4, -0.2) is 0 Å². The third kappa shape index (κ3) is 2.39. The van der Waals surface area contributed by atoms with Crippen molar-refractivity contribution in [2.75, 3.05) is 0 Å². The fraction of sp³-hybridized carbons (Fsp3) is 0.0769. The summed E-state index contributed by atoms with van der Waals surface area (Å²) in [5, 5.41) is 22.2. The van der Waals surface area contributed by atoms with Crippen LogP contribution >= 0.6 is 24.2 Å². The molecule has 1 heterocycles. The molecule has 0 aliphatic carbocycles. The van der Waals surface area contributed by atoms with E-state index in [1.54, 1.807) is 24.3 Å². The molecule has 94 valence electrons. The third-order valence-corrected chi connectivity index (χ3v) is 3.42. The molecule has 6 heteroatoms. The van der Waals surface area contributed by atoms with Crippen molar-refractivity contribution >= 4 is 24.2 Å². The first kappa shape index (κ1) is 13.4. The average Bonchev–Trinajstić information content (AvgIpc) is 2.39. The van der Waals surface area contributed by atoms with E-state index in [1.807, 2.05) is 6.07 Å². The molecule has 0 aromatic heterocycles. The molecule has 2 rings (SSSR count). The SMILES string of the molecule is N#CC1=C(N)NC(S)=C(C#N)C1c1ccc(Cl)cc1. The van der Waals surface area contributed by atoms with Crippen molar-refractivity contribution in [1.29, 1.82) is 10.5 Å². The summed E-state index contributed by atoms with van der Waals surface area (Å²) in [6.07, 6.45) is 0. The number of allylic oxidation sites excluding steroid dienone is 2. The van der Waals surface area contributed by atoms with Gasteiger partial charge in [-0.05, 0) is 17.7 Å². The van der Waals surface area contributed by atoms with Gasteiger partial charge in [0.2, 0.25) is 0 Å². The predicted molar refractivity (Wildman–Crippen MR) is 75.8 cm³/mol. The summed E-state index contributed by atoms with van der Waals surface area (Å²) in [7, 11) is 0. The van der Waals surface area contributed by atoms with Crippen LogP contribution in [0.4, 0.5) is 0 Å². The number of nitrogens with two attached hydrogens (primary N) is 1. The van der Waals surface area contributed by atoms with Crippen molar-refractivity contribution in [3.05, 3.63) is 56.8 Å². The molecule has 1 unspecified atom stereocenters. The van der Waals surface area contributed by atoms with Gasteiger partial charge in [0.25, 0.3) is 0 Å². The molecule has 1 atom stereocenters. The first-order valence-electron chi connectivity index (χ1n) is 5.34. The molecule has 1 aliphatic rings. The van der Waals surface area contributed by atoms with E-state index in [0.717, 1.165) is 5.56 Å². The zero-order chi connectivity index (χ0) is 14.0. The normalized spacial score (nSPS) is 18.6. The summed E-state index contributed by atoms with van der Waals surface area (Å²) in [6, 6.07) is 11.1. The second kappa shape index (κ2) is 5.27. The van der Waals surface area contributed by atoms with Gasteiger partial charge in [-0.2, -0.15) is 10.5 Å². The van der Waals surface area contributed by atoms with Crippen LogP contribution in [0.1, 0.15) is 11.5 Å². The zero-order valence-corrected chi connectivity index (χ0v) is 11.3. The maximum absolute atomic E-state index is 9.25. The Morgan fingerprint density at radius 1 is 1.16 bits per heavy atom. The Bertz CT molecular complexity index is 625. The minimum Gasteiger partial charge on any atom is -0.384 e. The van der Waals surface area contributed by atoms with Gasteiger partial charge in [-0.25, -0.2) is 0 Å². The molecule has 0 saturated heterocycles. The van der Waals surface area contributed by atoms with Gasteiger partial charge in [-0.1, -0.05) is 23.7 Å². The van der Waals surface area contributed by atoms with E-state index in [9.17, 15) is 10.5 Å². The van der Waals surface area contributed by atoms with E-state index in [0.29, 0.717) is 21.2 Å². The lowest BCUT2D eigenvalue weighted by atomic mass is 9.84. The molecular formula is C13H9ClN4S. The van der Waals surface area contributed by atoms with Crippen molar-refractivity contribution in [3.63, 3.8) is 0 Å². The Morgan fingerprint density at radius 3 is 2.26 bits per heavy atom. The molecule has 19 heavy (non-hydrogen) atoms. The predicted octanol–water partition coefficient (Wildman–Crippen LogP) is 2.39. The van der Waals surface area contributed by atoms with Gasteiger partial charge in [0.05, 0.1) is 34.2 Å². The first-order valence-corrected chi connectivity index (χ1v) is 6.16. The highest BCUT2D eigenvalue weighted by Crippen LogP contribution is 2.37. The minimum absolute atomic E-state index is 0.214. The molecular weight excluding hydrogens is 280 g/mol. The van der Waals surface area contributed by atoms with Gasteiger partial charge in [0, 0.05) is 5.02 Å². The molecule has 0 saturated carbocycles. The van der Waals surface area contributed by atoms with Crippen molar-refractivity contribution in [2.24, 2.45) is 5.73 Å². The first-order chi connectivity index (χ1) is 9.08. The number of dihydropyridines is 1. The van der Waals surface area contributed by atoms with Gasteiger partial charge in [0.1, 0.15) is 5.82 Å². The molecule has 0 bridgehead atoms. The quantitative estimate of drug-likeness (QED) is 0.693. The lowest BCUT2D eigenvalue weighted by Crippen LogP contribution is -2.28. The van der Waals surface area contributed by atoms with Crippen molar-refractivity contribution < 1.29 is 0 Å². The topological polar surface area (TPSA) is 85.6 Å². The minimum atomic E-state index is -0.513. The van der Waals surface area contributed by atoms with Gasteiger partial charge in [0.15, 0.2) is 0 Å². The summed E-state index contributed by atoms with van der Waals surface area (Å²) in [6.45, 7) is 0. The smallest absolute Gasteiger partial charge is 0.116 e. The fourth-order valence-electron chi connectivity index (χ4n) is 1.93. The van der Waals surface area contributed by atoms with Gasteiger partial charge >= 0.3 is 0 Å². The Labute approximate surface area is 121 Å². The number of thiol groups is 1. The Balaban J connectivity index is 2.61. The van der Waals surface area contributed by atoms with Crippen molar-refractivity contribution in [3.8, 4) is 12.1 Å². The highest BCUT2D eigenvalue weighted by molar-refractivity contribution is 7.84. The standard InChI is InChI=1S/C13H9ClN4S/c14-8-3-1-7(2-4-8)11-9(5-15)12(17)18-13(19)10(11)6-16/h1-4,11,18-19H,17H2. The number of benzene rings is 1. The van der Waals surface area contributed by atoms with Crippen LogP contribution in [0.2, 0.25) is 5.02 Å². The van der Waals surface area contributed by atoms with Crippen LogP contribution in [0.3, 0.4) is 0 Å². The zero-order valence-electron chi connectivity index (χ0n) is 9.68. The summed E-state index contributed by atoms with van der Waals surface area (Å²) in [5.41, 5.74) is 7.21. The molecule has 0 radical (unpaired) electrons. The summed E-state index contributed by atoms with van der Waals surface area (Å²) in [4.78, 5) is 0. The molecule has 3 N–H and O–H groups in total. The lowest BCUT2D eigenvalue weighted by molar-refractivity contribution is 0.841. The van der Waals surface area contributed by atoms with Gasteiger partial charge in [-0.3, -0.25) is 0 Å². The van der Waals surface area contributed by atoms with E-state index in [-0.39, 0.29) is 5.82 Å². The second-order valence-electron chi connectivity index (χ2n) is 3.92. The maximum Gasteiger partial charge on any atom is 0.116 e. The number of hydrogen-bond acceptors (Lipinski definition) is 5. The number of hydrogen-bond donors (Lipinski definition) is 3. The van der Waals surface area contributed by atoms with Gasteiger partial charge < -0.3 is 11.1 Å². The van der Waals surface area contributed by atoms with E-state index in [1.165, 1.54) is 0 Å². The van der Waals surface area contributed by atoms with Crippen LogP contribution in [-0.2, 0) is 0 Å². The summed E-state index contributed by atoms with van der Waals surface area (Å²) in [5.74, 6) is -0.299. The van der Waals surface area contributed by atoms with Crippen LogP contribution in [0, 0.1) is 22.7 Å². The summed E-state index contributed by atoms with van der Waals surface area (Å²) < 4.78 is 0. The maximum atomic E-state index is 9.25. The van der Waals surface area contributed by atoms with Crippen molar-refractivity contribution in [1.82, 2.24) is 5.32 Å². The van der Waals surface area contributed by atoms with E-state index < -0.39 is 5.92 Å². The molecule has 4 nitrogen and oxygen atoms in total. The van der Waals surface area contributed by atoms with E-state index >= 15 is 0 Å². The number of rotatable bonds is 1. The third-order valence-electron chi connectivity index (χ3n) is 2.82. The van der Waals surface area contributed by atoms with Gasteiger partial charge in [-0.15, -0.1) is 12.6 Å². The van der Waals surface area contributed by atoms with Crippen LogP contribution in [0.15, 0.2) is 46.3 Å². The lowest BCUT2D eigenvalue weighted by Gasteiger charge is -2.25. The Morgan fingerprint density at radius 2 is 1.74 bits per heavy atom. The molecule has 1 aromatic carbocycles. The highest BCUT2D eigenvalue weighted by atomic mass is 35.5. The highest BCUT2D eigenvalue weighted by Gasteiger charge is 2.30. The Kier molecular flexibility index (Phi) is 3.71. The molecule has 1 aliphatic heterocycles. The van der Waals surface area contributed by atoms with Crippen LogP contribution in [0.5, 0.6) is 0 Å². The number of nitrogens with one attached hydrogen (secondary N) is 1. The second-order valence-corrected chi connectivity index (χ2v) is 4.81. The van der Waals surface area contributed by atoms with Crippen LogP contribution < -0.4 is 11.1 Å². The van der Waals surface area contributed by atoms with Crippen LogP contribution in [0.25, 0.3) is 0 Å². The molecule has 0 amide bonds. The Hall–Kier alpha value is -2.08. The monoisotopic (exact) mass is 288 g/mol. The number of nitrogens with zero attached hydrogens (tertiary/aromatic N) is 2. The van der Waals surface area contributed by atoms with E-state index in [4.69, 9.17) is 17.3 Å². The average molecular weight is 289 g/mol. The number of halogens is 1. The summed E-state index contributed by atoms with van der Waals surface area (Å²) >= 11 is 10.0. The number of nitriles is 2. The fourth-order valence-corrected chi connectivity index (χ4v) is 2.36. The molecule has 1 aromatic rings. The molecule has 0 spiro atoms. The molecule has 0 fully saturated rings.